The summed E-state index contributed by atoms with van der Waals surface area (Å²) in [4.78, 5) is 15.4. The molecule has 160 valence electrons. The van der Waals surface area contributed by atoms with Gasteiger partial charge in [0.2, 0.25) is 0 Å². The lowest BCUT2D eigenvalue weighted by Crippen LogP contribution is -2.52. The highest BCUT2D eigenvalue weighted by molar-refractivity contribution is 7.80. The normalized spacial score (nSPS) is 15.0. The maximum Gasteiger partial charge on any atom is 0.317 e. The number of carboxylic acids is 1. The average molecular weight is 487 g/mol. The fourth-order valence-electron chi connectivity index (χ4n) is 3.09. The van der Waals surface area contributed by atoms with Crippen LogP contribution in [0.4, 0.5) is 5.69 Å². The Kier molecular flexibility index (Phi) is 7.54. The molecule has 0 atom stereocenters. The summed E-state index contributed by atoms with van der Waals surface area (Å²) in [6, 6.07) is 5.17. The van der Waals surface area contributed by atoms with E-state index in [0.29, 0.717) is 51.9 Å². The van der Waals surface area contributed by atoms with Crippen LogP contribution in [-0.2, 0) is 4.79 Å². The Morgan fingerprint density at radius 1 is 1.30 bits per heavy atom. The monoisotopic (exact) mass is 486 g/mol. The van der Waals surface area contributed by atoms with Crippen molar-refractivity contribution in [1.82, 2.24) is 9.80 Å². The fraction of sp³-hybridized carbons (Fsp3) is 0.316. The average Bonchev–Trinajstić information content (AvgIpc) is 3.09. The number of aliphatic carboxylic acids is 1. The maximum atomic E-state index is 10.9. The van der Waals surface area contributed by atoms with E-state index in [1.807, 2.05) is 9.80 Å². The summed E-state index contributed by atoms with van der Waals surface area (Å²) in [5, 5.41) is 28.8. The van der Waals surface area contributed by atoms with E-state index in [4.69, 9.17) is 40.5 Å². The Morgan fingerprint density at radius 3 is 2.60 bits per heavy atom. The lowest BCUT2D eigenvalue weighted by molar-refractivity contribution is -0.138. The molecular weight excluding hydrogens is 467 g/mol. The molecule has 2 N–H and O–H groups in total. The first-order chi connectivity index (χ1) is 14.3. The van der Waals surface area contributed by atoms with Crippen molar-refractivity contribution in [3.8, 4) is 16.2 Å². The van der Waals surface area contributed by atoms with Gasteiger partial charge in [0.15, 0.2) is 10.9 Å². The molecule has 1 aliphatic rings. The number of hydrazone groups is 1. The summed E-state index contributed by atoms with van der Waals surface area (Å²) >= 11 is 19.1. The van der Waals surface area contributed by atoms with Crippen LogP contribution in [-0.4, -0.2) is 70.0 Å². The number of carboxylic acid groups (broad SMARTS) is 1. The molecule has 1 aromatic carbocycles. The number of hydrogen-bond donors (Lipinski definition) is 2. The number of halogens is 2. The van der Waals surface area contributed by atoms with Gasteiger partial charge in [0, 0.05) is 37.8 Å². The zero-order valence-electron chi connectivity index (χ0n) is 16.1. The molecular formula is C19H20Cl2N4O3S2. The third-order valence-electron chi connectivity index (χ3n) is 4.57. The second-order valence-corrected chi connectivity index (χ2v) is 8.61. The molecule has 3 rings (SSSR count). The van der Waals surface area contributed by atoms with E-state index in [0.717, 1.165) is 5.56 Å². The predicted octanol–water partition coefficient (Wildman–Crippen LogP) is 4.23. The fourth-order valence-corrected chi connectivity index (χ4v) is 4.63. The molecule has 0 unspecified atom stereocenters. The summed E-state index contributed by atoms with van der Waals surface area (Å²) in [7, 11) is 0. The number of anilines is 1. The molecule has 1 aromatic heterocycles. The molecule has 7 nitrogen and oxygen atoms in total. The Labute approximate surface area is 193 Å². The highest BCUT2D eigenvalue weighted by atomic mass is 35.5. The Bertz CT molecular complexity index is 975. The van der Waals surface area contributed by atoms with Crippen LogP contribution in [0.2, 0.25) is 10.0 Å². The quantitative estimate of drug-likeness (QED) is 0.371. The van der Waals surface area contributed by atoms with E-state index >= 15 is 0 Å². The SMILES string of the molecule is CC=NN(C(=S)N1CCN(CC(=O)O)CC1)c1csc(-c2ccc(Cl)c(Cl)c2)c1O. The van der Waals surface area contributed by atoms with Crippen LogP contribution in [0.1, 0.15) is 6.92 Å². The van der Waals surface area contributed by atoms with Gasteiger partial charge in [0.25, 0.3) is 0 Å². The Morgan fingerprint density at radius 2 is 2.00 bits per heavy atom. The smallest absolute Gasteiger partial charge is 0.317 e. The van der Waals surface area contributed by atoms with Crippen LogP contribution in [0.5, 0.6) is 5.75 Å². The van der Waals surface area contributed by atoms with Gasteiger partial charge in [-0.25, -0.2) is 5.01 Å². The number of aromatic hydroxyl groups is 1. The summed E-state index contributed by atoms with van der Waals surface area (Å²) < 4.78 is 0. The minimum atomic E-state index is -0.846. The van der Waals surface area contributed by atoms with E-state index in [2.05, 4.69) is 5.10 Å². The molecule has 1 fully saturated rings. The number of rotatable bonds is 5. The number of thiophene rings is 1. The topological polar surface area (TPSA) is 79.6 Å². The molecule has 0 bridgehead atoms. The van der Waals surface area contributed by atoms with Crippen LogP contribution in [0.25, 0.3) is 10.4 Å². The largest absolute Gasteiger partial charge is 0.504 e. The lowest BCUT2D eigenvalue weighted by atomic mass is 10.2. The van der Waals surface area contributed by atoms with Crippen molar-refractivity contribution in [2.75, 3.05) is 37.7 Å². The van der Waals surface area contributed by atoms with Crippen molar-refractivity contribution < 1.29 is 15.0 Å². The number of hydrogen-bond acceptors (Lipinski definition) is 6. The first-order valence-electron chi connectivity index (χ1n) is 9.09. The Balaban J connectivity index is 1.81. The van der Waals surface area contributed by atoms with E-state index in [9.17, 15) is 9.90 Å². The van der Waals surface area contributed by atoms with Gasteiger partial charge in [0.05, 0.1) is 21.5 Å². The molecule has 2 heterocycles. The second-order valence-electron chi connectivity index (χ2n) is 6.55. The first kappa shape index (κ1) is 22.8. The summed E-state index contributed by atoms with van der Waals surface area (Å²) in [6.07, 6.45) is 1.60. The number of benzene rings is 1. The standard InChI is InChI=1S/C19H20Cl2N4O3S2/c1-2-22-25(19(29)24-7-5-23(6-8-24)10-16(26)27)15-11-30-18(17(15)28)12-3-4-13(20)14(21)9-12/h2-4,9,11,28H,5-8,10H2,1H3,(H,26,27). The van der Waals surface area contributed by atoms with Crippen molar-refractivity contribution >= 4 is 69.7 Å². The van der Waals surface area contributed by atoms with Gasteiger partial charge in [-0.1, -0.05) is 29.3 Å². The van der Waals surface area contributed by atoms with Crippen LogP contribution >= 0.6 is 46.8 Å². The molecule has 0 saturated carbocycles. The molecule has 0 spiro atoms. The van der Waals surface area contributed by atoms with Gasteiger partial charge in [0.1, 0.15) is 5.69 Å². The molecule has 0 aliphatic carbocycles. The van der Waals surface area contributed by atoms with E-state index < -0.39 is 5.97 Å². The Hall–Kier alpha value is -1.91. The first-order valence-corrected chi connectivity index (χ1v) is 11.1. The highest BCUT2D eigenvalue weighted by Gasteiger charge is 2.27. The number of nitrogens with zero attached hydrogens (tertiary/aromatic N) is 4. The van der Waals surface area contributed by atoms with E-state index in [1.54, 1.807) is 36.7 Å². The lowest BCUT2D eigenvalue weighted by Gasteiger charge is -2.37. The van der Waals surface area contributed by atoms with Crippen molar-refractivity contribution in [3.63, 3.8) is 0 Å². The molecule has 2 aromatic rings. The van der Waals surface area contributed by atoms with Gasteiger partial charge >= 0.3 is 5.97 Å². The number of piperazine rings is 1. The molecule has 0 amide bonds. The van der Waals surface area contributed by atoms with Crippen LogP contribution < -0.4 is 5.01 Å². The molecule has 1 saturated heterocycles. The third kappa shape index (κ3) is 5.04. The van der Waals surface area contributed by atoms with Gasteiger partial charge in [-0.2, -0.15) is 5.10 Å². The van der Waals surface area contributed by atoms with Crippen molar-refractivity contribution in [1.29, 1.82) is 0 Å². The van der Waals surface area contributed by atoms with E-state index in [1.165, 1.54) is 16.3 Å². The number of thiocarbonyl (C=S) groups is 1. The van der Waals surface area contributed by atoms with Gasteiger partial charge in [-0.15, -0.1) is 11.3 Å². The molecule has 30 heavy (non-hydrogen) atoms. The van der Waals surface area contributed by atoms with Crippen LogP contribution in [0.3, 0.4) is 0 Å². The predicted molar refractivity (Wildman–Crippen MR) is 126 cm³/mol. The molecule has 1 aliphatic heterocycles. The molecule has 0 radical (unpaired) electrons. The van der Waals surface area contributed by atoms with Gasteiger partial charge in [-0.3, -0.25) is 9.69 Å². The zero-order valence-corrected chi connectivity index (χ0v) is 19.2. The van der Waals surface area contributed by atoms with Crippen molar-refractivity contribution in [2.45, 2.75) is 6.92 Å². The van der Waals surface area contributed by atoms with E-state index in [-0.39, 0.29) is 12.3 Å². The summed E-state index contributed by atoms with van der Waals surface area (Å²) in [5.74, 6) is -0.794. The number of carbonyl (C=O) groups is 1. The van der Waals surface area contributed by atoms with Gasteiger partial charge in [-0.05, 0) is 36.8 Å². The second kappa shape index (κ2) is 9.93. The minimum Gasteiger partial charge on any atom is -0.504 e. The third-order valence-corrected chi connectivity index (χ3v) is 6.75. The maximum absolute atomic E-state index is 10.9. The minimum absolute atomic E-state index is 0.00968. The summed E-state index contributed by atoms with van der Waals surface area (Å²) in [6.45, 7) is 4.10. The van der Waals surface area contributed by atoms with Crippen LogP contribution in [0.15, 0.2) is 28.7 Å². The highest BCUT2D eigenvalue weighted by Crippen LogP contribution is 2.45. The van der Waals surface area contributed by atoms with Crippen molar-refractivity contribution in [3.05, 3.63) is 33.6 Å². The van der Waals surface area contributed by atoms with Crippen LogP contribution in [0, 0.1) is 0 Å². The zero-order chi connectivity index (χ0) is 21.8. The van der Waals surface area contributed by atoms with Gasteiger partial charge < -0.3 is 15.1 Å². The molecule has 11 heteroatoms. The summed E-state index contributed by atoms with van der Waals surface area (Å²) in [5.41, 5.74) is 1.21. The van der Waals surface area contributed by atoms with Crippen molar-refractivity contribution in [2.24, 2.45) is 5.10 Å².